The quantitative estimate of drug-likeness (QED) is 0.767. The maximum absolute atomic E-state index is 13.1. The summed E-state index contributed by atoms with van der Waals surface area (Å²) in [5.41, 5.74) is 0.736. The lowest BCUT2D eigenvalue weighted by Gasteiger charge is -2.29. The highest BCUT2D eigenvalue weighted by Crippen LogP contribution is 2.47. The normalized spacial score (nSPS) is 17.6. The molecule has 0 fully saturated rings. The molecule has 1 aromatic heterocycles. The predicted molar refractivity (Wildman–Crippen MR) is 99.9 cm³/mol. The smallest absolute Gasteiger partial charge is 0.337 e. The third-order valence-electron chi connectivity index (χ3n) is 5.18. The molecule has 2 aromatic rings. The van der Waals surface area contributed by atoms with Crippen LogP contribution in [0.4, 0.5) is 5.82 Å². The Labute approximate surface area is 159 Å². The zero-order valence-electron chi connectivity index (χ0n) is 15.9. The number of anilines is 1. The van der Waals surface area contributed by atoms with Crippen molar-refractivity contribution < 1.29 is 19.0 Å². The fourth-order valence-electron chi connectivity index (χ4n) is 3.83. The van der Waals surface area contributed by atoms with Crippen LogP contribution in [0.25, 0.3) is 0 Å². The van der Waals surface area contributed by atoms with Gasteiger partial charge in [0, 0.05) is 19.7 Å². The molecule has 146 valence electrons. The minimum atomic E-state index is -0.767. The number of esters is 1. The van der Waals surface area contributed by atoms with Crippen LogP contribution in [-0.4, -0.2) is 35.9 Å². The average molecular weight is 385 g/mol. The molecule has 0 radical (unpaired) electrons. The molecule has 2 aliphatic heterocycles. The van der Waals surface area contributed by atoms with Gasteiger partial charge in [-0.2, -0.15) is 0 Å². The summed E-state index contributed by atoms with van der Waals surface area (Å²) in [6.07, 6.45) is 0. The predicted octanol–water partition coefficient (Wildman–Crippen LogP) is 0.469. The van der Waals surface area contributed by atoms with Gasteiger partial charge in [-0.15, -0.1) is 0 Å². The van der Waals surface area contributed by atoms with Gasteiger partial charge in [0.25, 0.3) is 5.56 Å². The number of fused-ring (bicyclic) bond motifs is 1. The summed E-state index contributed by atoms with van der Waals surface area (Å²) in [5.74, 6) is -0.0729. The van der Waals surface area contributed by atoms with Crippen molar-refractivity contribution in [2.45, 2.75) is 5.92 Å². The minimum absolute atomic E-state index is 0.0415. The van der Waals surface area contributed by atoms with Crippen LogP contribution >= 0.6 is 0 Å². The molecule has 0 aliphatic carbocycles. The van der Waals surface area contributed by atoms with E-state index in [1.54, 1.807) is 25.2 Å². The van der Waals surface area contributed by atoms with Gasteiger partial charge in [-0.3, -0.25) is 13.9 Å². The standard InChI is InChI=1S/C19H19N3O6/c1-21-16-14(17(23)22(2)19(21)25)12(13-10(20-16)8-28-18(13)24)9-6-5-7-11(26-3)15(9)27-4/h5-7,12,20H,8H2,1-4H3. The summed E-state index contributed by atoms with van der Waals surface area (Å²) in [6.45, 7) is 0.0415. The number of aromatic nitrogens is 2. The van der Waals surface area contributed by atoms with Gasteiger partial charge in [0.05, 0.1) is 37.0 Å². The largest absolute Gasteiger partial charge is 0.493 e. The van der Waals surface area contributed by atoms with Gasteiger partial charge < -0.3 is 19.5 Å². The Bertz CT molecular complexity index is 1160. The molecule has 4 rings (SSSR count). The van der Waals surface area contributed by atoms with E-state index in [4.69, 9.17) is 14.2 Å². The Morgan fingerprint density at radius 1 is 1.11 bits per heavy atom. The number of hydrogen-bond donors (Lipinski definition) is 1. The van der Waals surface area contributed by atoms with E-state index in [0.29, 0.717) is 34.2 Å². The van der Waals surface area contributed by atoms with E-state index in [2.05, 4.69) is 5.32 Å². The van der Waals surface area contributed by atoms with Crippen LogP contribution in [0.1, 0.15) is 17.0 Å². The average Bonchev–Trinajstić information content (AvgIpc) is 3.09. The summed E-state index contributed by atoms with van der Waals surface area (Å²) >= 11 is 0. The number of para-hydroxylation sites is 1. The molecular formula is C19H19N3O6. The summed E-state index contributed by atoms with van der Waals surface area (Å²) in [7, 11) is 5.97. The first-order chi connectivity index (χ1) is 13.4. The van der Waals surface area contributed by atoms with Crippen LogP contribution in [-0.2, 0) is 23.6 Å². The number of cyclic esters (lactones) is 1. The monoisotopic (exact) mass is 385 g/mol. The molecule has 0 spiro atoms. The van der Waals surface area contributed by atoms with E-state index in [0.717, 1.165) is 4.57 Å². The zero-order chi connectivity index (χ0) is 20.2. The number of nitrogens with zero attached hydrogens (tertiary/aromatic N) is 2. The Morgan fingerprint density at radius 3 is 2.54 bits per heavy atom. The molecule has 0 bridgehead atoms. The van der Waals surface area contributed by atoms with Gasteiger partial charge in [0.15, 0.2) is 11.5 Å². The summed E-state index contributed by atoms with van der Waals surface area (Å²) in [4.78, 5) is 38.0. The molecule has 9 heteroatoms. The number of methoxy groups -OCH3 is 2. The minimum Gasteiger partial charge on any atom is -0.493 e. The van der Waals surface area contributed by atoms with E-state index < -0.39 is 23.1 Å². The van der Waals surface area contributed by atoms with E-state index in [1.807, 2.05) is 0 Å². The molecule has 0 saturated heterocycles. The van der Waals surface area contributed by atoms with Gasteiger partial charge in [-0.05, 0) is 6.07 Å². The lowest BCUT2D eigenvalue weighted by atomic mass is 9.82. The van der Waals surface area contributed by atoms with Crippen molar-refractivity contribution in [2.75, 3.05) is 26.1 Å². The molecule has 2 aliphatic rings. The number of carbonyl (C=O) groups is 1. The molecule has 1 atom stereocenters. The molecule has 3 heterocycles. The molecule has 1 unspecified atom stereocenters. The number of hydrogen-bond acceptors (Lipinski definition) is 7. The SMILES string of the molecule is COc1cccc(C2C3=C(COC3=O)Nc3c2c(=O)n(C)c(=O)n3C)c1OC. The molecule has 9 nitrogen and oxygen atoms in total. The second-order valence-corrected chi connectivity index (χ2v) is 6.58. The zero-order valence-corrected chi connectivity index (χ0v) is 15.9. The van der Waals surface area contributed by atoms with Crippen molar-refractivity contribution >= 4 is 11.8 Å². The Morgan fingerprint density at radius 2 is 1.86 bits per heavy atom. The summed E-state index contributed by atoms with van der Waals surface area (Å²) in [6, 6.07) is 5.25. The molecule has 28 heavy (non-hydrogen) atoms. The lowest BCUT2D eigenvalue weighted by Crippen LogP contribution is -2.43. The molecule has 1 N–H and O–H groups in total. The summed E-state index contributed by atoms with van der Waals surface area (Å²) in [5, 5.41) is 3.04. The first kappa shape index (κ1) is 17.9. The summed E-state index contributed by atoms with van der Waals surface area (Å²) < 4.78 is 18.5. The second-order valence-electron chi connectivity index (χ2n) is 6.58. The van der Waals surface area contributed by atoms with Gasteiger partial charge >= 0.3 is 11.7 Å². The van der Waals surface area contributed by atoms with Gasteiger partial charge in [0.2, 0.25) is 0 Å². The number of benzene rings is 1. The number of ether oxygens (including phenoxy) is 3. The number of rotatable bonds is 3. The molecule has 0 saturated carbocycles. The van der Waals surface area contributed by atoms with E-state index in [1.165, 1.54) is 25.8 Å². The first-order valence-corrected chi connectivity index (χ1v) is 8.58. The van der Waals surface area contributed by atoms with Gasteiger partial charge in [0.1, 0.15) is 12.4 Å². The van der Waals surface area contributed by atoms with Crippen molar-refractivity contribution in [3.8, 4) is 11.5 Å². The van der Waals surface area contributed by atoms with Crippen molar-refractivity contribution in [1.82, 2.24) is 9.13 Å². The van der Waals surface area contributed by atoms with Crippen molar-refractivity contribution in [1.29, 1.82) is 0 Å². The van der Waals surface area contributed by atoms with Crippen LogP contribution in [0, 0.1) is 0 Å². The van der Waals surface area contributed by atoms with Crippen LogP contribution in [0.15, 0.2) is 39.1 Å². The van der Waals surface area contributed by atoms with Crippen molar-refractivity contribution in [3.05, 3.63) is 61.4 Å². The van der Waals surface area contributed by atoms with E-state index in [-0.39, 0.29) is 12.2 Å². The maximum Gasteiger partial charge on any atom is 0.337 e. The van der Waals surface area contributed by atoms with Crippen LogP contribution in [0.2, 0.25) is 0 Å². The Balaban J connectivity index is 2.12. The third kappa shape index (κ3) is 2.29. The lowest BCUT2D eigenvalue weighted by molar-refractivity contribution is -0.136. The maximum atomic E-state index is 13.1. The molecule has 0 amide bonds. The third-order valence-corrected chi connectivity index (χ3v) is 5.18. The fraction of sp³-hybridized carbons (Fsp3) is 0.316. The van der Waals surface area contributed by atoms with Crippen LogP contribution < -0.4 is 26.0 Å². The Hall–Kier alpha value is -3.49. The number of carbonyl (C=O) groups excluding carboxylic acids is 1. The van der Waals surface area contributed by atoms with E-state index >= 15 is 0 Å². The van der Waals surface area contributed by atoms with Crippen molar-refractivity contribution in [2.24, 2.45) is 14.1 Å². The first-order valence-electron chi connectivity index (χ1n) is 8.58. The topological polar surface area (TPSA) is 101 Å². The second kappa shape index (κ2) is 6.29. The molecule has 1 aromatic carbocycles. The number of nitrogens with one attached hydrogen (secondary N) is 1. The molecular weight excluding hydrogens is 366 g/mol. The van der Waals surface area contributed by atoms with Gasteiger partial charge in [-0.25, -0.2) is 9.59 Å². The van der Waals surface area contributed by atoms with Crippen LogP contribution in [0.3, 0.4) is 0 Å². The Kier molecular flexibility index (Phi) is 4.02. The fourth-order valence-corrected chi connectivity index (χ4v) is 3.83. The van der Waals surface area contributed by atoms with Crippen molar-refractivity contribution in [3.63, 3.8) is 0 Å². The highest BCUT2D eigenvalue weighted by atomic mass is 16.5. The highest BCUT2D eigenvalue weighted by molar-refractivity contribution is 5.97. The van der Waals surface area contributed by atoms with Gasteiger partial charge in [-0.1, -0.05) is 12.1 Å². The van der Waals surface area contributed by atoms with Crippen LogP contribution in [0.5, 0.6) is 11.5 Å². The highest BCUT2D eigenvalue weighted by Gasteiger charge is 2.43. The van der Waals surface area contributed by atoms with E-state index in [9.17, 15) is 14.4 Å².